The summed E-state index contributed by atoms with van der Waals surface area (Å²) in [7, 11) is -1.80. The van der Waals surface area contributed by atoms with E-state index in [1.807, 2.05) is 0 Å². The van der Waals surface area contributed by atoms with Crippen LogP contribution >= 0.6 is 15.3 Å². The first-order valence-electron chi connectivity index (χ1n) is 7.99. The highest BCUT2D eigenvalue weighted by atomic mass is 79.9. The van der Waals surface area contributed by atoms with E-state index >= 15 is 0 Å². The molecular formula is C16H33BrN2Si. The van der Waals surface area contributed by atoms with E-state index in [0.29, 0.717) is 0 Å². The van der Waals surface area contributed by atoms with Crippen molar-refractivity contribution in [3.8, 4) is 0 Å². The van der Waals surface area contributed by atoms with Crippen LogP contribution in [0, 0.1) is 0 Å². The molecule has 0 aromatic heterocycles. The van der Waals surface area contributed by atoms with Gasteiger partial charge in [-0.3, -0.25) is 0 Å². The third kappa shape index (κ3) is 4.03. The van der Waals surface area contributed by atoms with Crippen molar-refractivity contribution in [3.05, 3.63) is 12.4 Å². The van der Waals surface area contributed by atoms with E-state index in [9.17, 15) is 0 Å². The predicted molar refractivity (Wildman–Crippen MR) is 96.0 cm³/mol. The minimum atomic E-state index is -1.80. The molecule has 0 saturated carbocycles. The van der Waals surface area contributed by atoms with Crippen LogP contribution in [0.2, 0.25) is 6.04 Å². The fourth-order valence-corrected chi connectivity index (χ4v) is 11.8. The average molecular weight is 361 g/mol. The quantitative estimate of drug-likeness (QED) is 0.358. The maximum Gasteiger partial charge on any atom is 0.338 e. The second-order valence-electron chi connectivity index (χ2n) is 7.91. The van der Waals surface area contributed by atoms with Crippen LogP contribution in [-0.4, -0.2) is 27.2 Å². The molecule has 1 aliphatic heterocycles. The summed E-state index contributed by atoms with van der Waals surface area (Å²) in [4.78, 5) is 0. The predicted octanol–water partition coefficient (Wildman–Crippen LogP) is 5.59. The Kier molecular flexibility index (Phi) is 5.81. The van der Waals surface area contributed by atoms with Gasteiger partial charge in [0.1, 0.15) is 0 Å². The second kappa shape index (κ2) is 6.43. The van der Waals surface area contributed by atoms with Gasteiger partial charge in [0.2, 0.25) is 0 Å². The van der Waals surface area contributed by atoms with Gasteiger partial charge in [0.05, 0.1) is 0 Å². The smallest absolute Gasteiger partial charge is 0.338 e. The Morgan fingerprint density at radius 3 is 1.65 bits per heavy atom. The number of nitrogens with zero attached hydrogens (tertiary/aromatic N) is 2. The van der Waals surface area contributed by atoms with Crippen molar-refractivity contribution >= 4 is 22.3 Å². The Morgan fingerprint density at radius 2 is 1.30 bits per heavy atom. The van der Waals surface area contributed by atoms with Crippen molar-refractivity contribution in [2.75, 3.05) is 0 Å². The molecule has 4 heteroatoms. The molecule has 0 amide bonds. The van der Waals surface area contributed by atoms with Gasteiger partial charge in [-0.15, -0.1) is 0 Å². The summed E-state index contributed by atoms with van der Waals surface area (Å²) in [5, 5.41) is 0. The molecule has 2 nitrogen and oxygen atoms in total. The lowest BCUT2D eigenvalue weighted by atomic mass is 10.1. The minimum absolute atomic E-state index is 0.178. The molecule has 0 aromatic rings. The van der Waals surface area contributed by atoms with E-state index in [4.69, 9.17) is 0 Å². The van der Waals surface area contributed by atoms with E-state index in [1.54, 1.807) is 0 Å². The molecule has 0 saturated heterocycles. The fraction of sp³-hybridized carbons (Fsp3) is 0.875. The van der Waals surface area contributed by atoms with Gasteiger partial charge in [0, 0.05) is 23.5 Å². The van der Waals surface area contributed by atoms with Gasteiger partial charge in [0.15, 0.2) is 0 Å². The molecule has 1 aliphatic rings. The lowest BCUT2D eigenvalue weighted by molar-refractivity contribution is 0.274. The number of rotatable bonds is 5. The number of unbranched alkanes of at least 4 members (excludes halogenated alkanes) is 3. The number of halogens is 1. The monoisotopic (exact) mass is 360 g/mol. The summed E-state index contributed by atoms with van der Waals surface area (Å²) < 4.78 is 5.22. The van der Waals surface area contributed by atoms with Gasteiger partial charge in [-0.1, -0.05) is 47.9 Å². The molecular weight excluding hydrogens is 328 g/mol. The molecule has 1 heterocycles. The highest BCUT2D eigenvalue weighted by Crippen LogP contribution is 2.42. The van der Waals surface area contributed by atoms with Crippen molar-refractivity contribution in [3.63, 3.8) is 0 Å². The van der Waals surface area contributed by atoms with Crippen molar-refractivity contribution in [2.45, 2.75) is 91.3 Å². The lowest BCUT2D eigenvalue weighted by Crippen LogP contribution is -2.63. The van der Waals surface area contributed by atoms with Crippen molar-refractivity contribution < 1.29 is 0 Å². The molecule has 0 fully saturated rings. The van der Waals surface area contributed by atoms with E-state index in [1.165, 1.54) is 31.7 Å². The Labute approximate surface area is 135 Å². The van der Waals surface area contributed by atoms with E-state index in [-0.39, 0.29) is 11.1 Å². The fourth-order valence-electron chi connectivity index (χ4n) is 2.97. The number of hydrogen-bond acceptors (Lipinski definition) is 2. The first kappa shape index (κ1) is 18.1. The highest BCUT2D eigenvalue weighted by Gasteiger charge is 2.52. The summed E-state index contributed by atoms with van der Waals surface area (Å²) >= 11 is 4.23. The Bertz CT molecular complexity index is 317. The maximum atomic E-state index is 4.23. The van der Waals surface area contributed by atoms with Crippen LogP contribution in [0.4, 0.5) is 0 Å². The average Bonchev–Trinajstić information content (AvgIpc) is 2.62. The van der Waals surface area contributed by atoms with Crippen molar-refractivity contribution in [1.82, 2.24) is 9.13 Å². The molecule has 118 valence electrons. The Balaban J connectivity index is 2.91. The molecule has 1 rings (SSSR count). The van der Waals surface area contributed by atoms with Gasteiger partial charge in [-0.05, 0) is 47.6 Å². The molecule has 0 aliphatic carbocycles. The molecule has 0 unspecified atom stereocenters. The van der Waals surface area contributed by atoms with Crippen molar-refractivity contribution in [1.29, 1.82) is 0 Å². The van der Waals surface area contributed by atoms with Gasteiger partial charge >= 0.3 is 7.02 Å². The first-order valence-corrected chi connectivity index (χ1v) is 12.4. The van der Waals surface area contributed by atoms with Crippen LogP contribution < -0.4 is 0 Å². The standard InChI is InChI=1S/C16H33BrN2Si/c1-8-9-10-11-14-20(17)18(15(2,3)4)12-13-19(20)16(5,6)7/h12-13H,8-11,14H2,1-7H3. The molecule has 0 aromatic carbocycles. The zero-order chi connectivity index (χ0) is 15.6. The van der Waals surface area contributed by atoms with E-state index in [2.05, 4.69) is 85.3 Å². The van der Waals surface area contributed by atoms with E-state index in [0.717, 1.165) is 0 Å². The van der Waals surface area contributed by atoms with Crippen LogP contribution in [0.5, 0.6) is 0 Å². The normalized spacial score (nSPS) is 19.0. The lowest BCUT2D eigenvalue weighted by Gasteiger charge is -2.50. The summed E-state index contributed by atoms with van der Waals surface area (Å²) in [5.74, 6) is 0. The molecule has 0 spiro atoms. The summed E-state index contributed by atoms with van der Waals surface area (Å²) in [6, 6.07) is 1.29. The number of hydrogen-bond donors (Lipinski definition) is 0. The van der Waals surface area contributed by atoms with Gasteiger partial charge in [-0.2, -0.15) is 0 Å². The van der Waals surface area contributed by atoms with Gasteiger partial charge < -0.3 is 9.13 Å². The van der Waals surface area contributed by atoms with Crippen molar-refractivity contribution in [2.24, 2.45) is 0 Å². The maximum absolute atomic E-state index is 4.23. The van der Waals surface area contributed by atoms with Crippen LogP contribution in [0.1, 0.15) is 74.1 Å². The molecule has 20 heavy (non-hydrogen) atoms. The first-order chi connectivity index (χ1) is 9.03. The van der Waals surface area contributed by atoms with Crippen LogP contribution in [0.15, 0.2) is 12.4 Å². The van der Waals surface area contributed by atoms with Gasteiger partial charge in [0.25, 0.3) is 0 Å². The summed E-state index contributed by atoms with van der Waals surface area (Å²) in [6.45, 7) is 16.2. The van der Waals surface area contributed by atoms with E-state index < -0.39 is 7.02 Å². The molecule has 0 bridgehead atoms. The highest BCUT2D eigenvalue weighted by molar-refractivity contribution is 9.25. The molecule has 0 N–H and O–H groups in total. The molecule has 0 atom stereocenters. The topological polar surface area (TPSA) is 6.48 Å². The third-order valence-corrected chi connectivity index (χ3v) is 11.5. The Morgan fingerprint density at radius 1 is 0.850 bits per heavy atom. The zero-order valence-electron chi connectivity index (χ0n) is 14.5. The van der Waals surface area contributed by atoms with Gasteiger partial charge in [-0.25, -0.2) is 0 Å². The zero-order valence-corrected chi connectivity index (χ0v) is 17.0. The minimum Gasteiger partial charge on any atom is -0.373 e. The summed E-state index contributed by atoms with van der Waals surface area (Å²) in [5.41, 5.74) is 0.355. The largest absolute Gasteiger partial charge is 0.373 e. The third-order valence-electron chi connectivity index (χ3n) is 3.90. The molecule has 0 radical (unpaired) electrons. The summed E-state index contributed by atoms with van der Waals surface area (Å²) in [6.07, 6.45) is 9.97. The second-order valence-corrected chi connectivity index (χ2v) is 14.6. The van der Waals surface area contributed by atoms with Crippen LogP contribution in [0.3, 0.4) is 0 Å². The SMILES string of the molecule is CCCCCC[Si]1(Br)N(C(C)(C)C)C=CN1C(C)(C)C. The Hall–Kier alpha value is 0.0369. The van der Waals surface area contributed by atoms with Crippen LogP contribution in [0.25, 0.3) is 0 Å². The van der Waals surface area contributed by atoms with Crippen LogP contribution in [-0.2, 0) is 0 Å².